The summed E-state index contributed by atoms with van der Waals surface area (Å²) < 4.78 is 33.6. The summed E-state index contributed by atoms with van der Waals surface area (Å²) in [5.41, 5.74) is 3.11. The standard InChI is InChI=1S/C18H23NO3S/c1-12(2)15-8-6-7-9-16(15)19-23(20,21)18-11-10-17(22-5)13(3)14(18)4/h6-12,19H,1-5H3. The lowest BCUT2D eigenvalue weighted by Gasteiger charge is -2.17. The Bertz CT molecular complexity index is 811. The molecule has 23 heavy (non-hydrogen) atoms. The molecule has 0 aromatic heterocycles. The first-order valence-electron chi connectivity index (χ1n) is 7.54. The average molecular weight is 333 g/mol. The van der Waals surface area contributed by atoms with E-state index in [1.165, 1.54) is 0 Å². The first-order valence-corrected chi connectivity index (χ1v) is 9.02. The molecule has 0 bridgehead atoms. The van der Waals surface area contributed by atoms with E-state index in [1.807, 2.05) is 39.0 Å². The van der Waals surface area contributed by atoms with Crippen LogP contribution < -0.4 is 9.46 Å². The molecule has 0 fully saturated rings. The number of para-hydroxylation sites is 1. The minimum atomic E-state index is -3.65. The van der Waals surface area contributed by atoms with E-state index in [2.05, 4.69) is 4.72 Å². The van der Waals surface area contributed by atoms with Gasteiger partial charge in [-0.2, -0.15) is 0 Å². The van der Waals surface area contributed by atoms with E-state index in [0.717, 1.165) is 11.1 Å². The fraction of sp³-hybridized carbons (Fsp3) is 0.333. The highest BCUT2D eigenvalue weighted by Gasteiger charge is 2.21. The van der Waals surface area contributed by atoms with Gasteiger partial charge in [0, 0.05) is 0 Å². The summed E-state index contributed by atoms with van der Waals surface area (Å²) in [5, 5.41) is 0. The van der Waals surface area contributed by atoms with Crippen LogP contribution in [0.25, 0.3) is 0 Å². The minimum absolute atomic E-state index is 0.229. The van der Waals surface area contributed by atoms with E-state index >= 15 is 0 Å². The first kappa shape index (κ1) is 17.3. The van der Waals surface area contributed by atoms with Gasteiger partial charge in [-0.1, -0.05) is 32.0 Å². The molecule has 0 saturated heterocycles. The van der Waals surface area contributed by atoms with Crippen LogP contribution in [0.5, 0.6) is 5.75 Å². The van der Waals surface area contributed by atoms with Crippen LogP contribution in [0.1, 0.15) is 36.5 Å². The highest BCUT2D eigenvalue weighted by atomic mass is 32.2. The smallest absolute Gasteiger partial charge is 0.262 e. The Morgan fingerprint density at radius 3 is 2.26 bits per heavy atom. The van der Waals surface area contributed by atoms with E-state index < -0.39 is 10.0 Å². The SMILES string of the molecule is COc1ccc(S(=O)(=O)Nc2ccccc2C(C)C)c(C)c1C. The fourth-order valence-corrected chi connectivity index (χ4v) is 3.97. The number of anilines is 1. The molecular formula is C18H23NO3S. The Labute approximate surface area is 138 Å². The van der Waals surface area contributed by atoms with Gasteiger partial charge in [0.2, 0.25) is 0 Å². The Hall–Kier alpha value is -2.01. The summed E-state index contributed by atoms with van der Waals surface area (Å²) in [6, 6.07) is 10.7. The second kappa shape index (κ2) is 6.62. The molecule has 0 spiro atoms. The van der Waals surface area contributed by atoms with E-state index in [9.17, 15) is 8.42 Å². The molecule has 4 nitrogen and oxygen atoms in total. The van der Waals surface area contributed by atoms with Gasteiger partial charge in [-0.05, 0) is 54.7 Å². The van der Waals surface area contributed by atoms with Crippen LogP contribution in [-0.2, 0) is 10.0 Å². The summed E-state index contributed by atoms with van der Waals surface area (Å²) >= 11 is 0. The number of rotatable bonds is 5. The van der Waals surface area contributed by atoms with E-state index in [4.69, 9.17) is 4.74 Å². The van der Waals surface area contributed by atoms with Gasteiger partial charge in [-0.3, -0.25) is 4.72 Å². The molecule has 0 amide bonds. The van der Waals surface area contributed by atoms with Crippen molar-refractivity contribution >= 4 is 15.7 Å². The summed E-state index contributed by atoms with van der Waals surface area (Å²) in [4.78, 5) is 0.273. The van der Waals surface area contributed by atoms with Crippen molar-refractivity contribution in [2.24, 2.45) is 0 Å². The van der Waals surface area contributed by atoms with Crippen molar-refractivity contribution in [1.29, 1.82) is 0 Å². The Morgan fingerprint density at radius 2 is 1.65 bits per heavy atom. The van der Waals surface area contributed by atoms with Crippen molar-refractivity contribution in [1.82, 2.24) is 0 Å². The van der Waals surface area contributed by atoms with Gasteiger partial charge >= 0.3 is 0 Å². The topological polar surface area (TPSA) is 55.4 Å². The Morgan fingerprint density at radius 1 is 1.00 bits per heavy atom. The van der Waals surface area contributed by atoms with Crippen LogP contribution in [0.4, 0.5) is 5.69 Å². The molecule has 2 aromatic carbocycles. The van der Waals surface area contributed by atoms with Crippen LogP contribution in [-0.4, -0.2) is 15.5 Å². The molecule has 1 N–H and O–H groups in total. The van der Waals surface area contributed by atoms with Crippen molar-refractivity contribution in [2.45, 2.75) is 38.5 Å². The largest absolute Gasteiger partial charge is 0.496 e. The van der Waals surface area contributed by atoms with E-state index in [0.29, 0.717) is 17.0 Å². The molecule has 2 aromatic rings. The second-order valence-corrected chi connectivity index (χ2v) is 7.51. The van der Waals surface area contributed by atoms with Crippen molar-refractivity contribution in [3.63, 3.8) is 0 Å². The van der Waals surface area contributed by atoms with E-state index in [-0.39, 0.29) is 10.8 Å². The molecule has 0 aliphatic carbocycles. The van der Waals surface area contributed by atoms with Crippen LogP contribution in [0.15, 0.2) is 41.3 Å². The summed E-state index contributed by atoms with van der Waals surface area (Å²) in [5.74, 6) is 0.914. The first-order chi connectivity index (χ1) is 10.8. The van der Waals surface area contributed by atoms with Gasteiger partial charge in [-0.25, -0.2) is 8.42 Å². The maximum absolute atomic E-state index is 12.8. The molecule has 0 aliphatic heterocycles. The predicted octanol–water partition coefficient (Wildman–Crippen LogP) is 4.24. The van der Waals surface area contributed by atoms with Gasteiger partial charge in [0.15, 0.2) is 0 Å². The lowest BCUT2D eigenvalue weighted by Crippen LogP contribution is -2.16. The van der Waals surface area contributed by atoms with E-state index in [1.54, 1.807) is 32.2 Å². The van der Waals surface area contributed by atoms with Crippen LogP contribution >= 0.6 is 0 Å². The van der Waals surface area contributed by atoms with Gasteiger partial charge in [0.05, 0.1) is 17.7 Å². The third kappa shape index (κ3) is 3.50. The predicted molar refractivity (Wildman–Crippen MR) is 93.8 cm³/mol. The highest BCUT2D eigenvalue weighted by molar-refractivity contribution is 7.92. The number of sulfonamides is 1. The Kier molecular flexibility index (Phi) is 5.00. The molecule has 0 saturated carbocycles. The second-order valence-electron chi connectivity index (χ2n) is 5.86. The summed E-state index contributed by atoms with van der Waals surface area (Å²) in [6.07, 6.45) is 0. The van der Waals surface area contributed by atoms with Gasteiger partial charge < -0.3 is 4.74 Å². The molecule has 0 radical (unpaired) electrons. The zero-order chi connectivity index (χ0) is 17.2. The number of nitrogens with one attached hydrogen (secondary N) is 1. The fourth-order valence-electron chi connectivity index (χ4n) is 2.58. The number of hydrogen-bond donors (Lipinski definition) is 1. The highest BCUT2D eigenvalue weighted by Crippen LogP contribution is 2.30. The number of hydrogen-bond acceptors (Lipinski definition) is 3. The number of ether oxygens (including phenoxy) is 1. The lowest BCUT2D eigenvalue weighted by atomic mass is 10.0. The third-order valence-corrected chi connectivity index (χ3v) is 5.53. The lowest BCUT2D eigenvalue weighted by molar-refractivity contribution is 0.411. The monoisotopic (exact) mass is 333 g/mol. The van der Waals surface area contributed by atoms with Crippen molar-refractivity contribution < 1.29 is 13.2 Å². The van der Waals surface area contributed by atoms with Crippen molar-refractivity contribution in [2.75, 3.05) is 11.8 Å². The molecule has 124 valence electrons. The van der Waals surface area contributed by atoms with Crippen molar-refractivity contribution in [3.8, 4) is 5.75 Å². The van der Waals surface area contributed by atoms with Crippen LogP contribution in [0.2, 0.25) is 0 Å². The molecule has 0 unspecified atom stereocenters. The number of benzene rings is 2. The van der Waals surface area contributed by atoms with Crippen molar-refractivity contribution in [3.05, 3.63) is 53.1 Å². The Balaban J connectivity index is 2.47. The maximum atomic E-state index is 12.8. The molecule has 2 rings (SSSR count). The van der Waals surface area contributed by atoms with Crippen LogP contribution in [0.3, 0.4) is 0 Å². The zero-order valence-electron chi connectivity index (χ0n) is 14.2. The normalized spacial score (nSPS) is 11.6. The molecule has 0 aliphatic rings. The minimum Gasteiger partial charge on any atom is -0.496 e. The molecule has 5 heteroatoms. The zero-order valence-corrected chi connectivity index (χ0v) is 15.0. The van der Waals surface area contributed by atoms with Crippen LogP contribution in [0, 0.1) is 13.8 Å². The summed E-state index contributed by atoms with van der Waals surface area (Å²) in [6.45, 7) is 7.72. The van der Waals surface area contributed by atoms with Gasteiger partial charge in [0.25, 0.3) is 10.0 Å². The third-order valence-electron chi connectivity index (χ3n) is 4.02. The molecule has 0 atom stereocenters. The quantitative estimate of drug-likeness (QED) is 0.890. The molecule has 0 heterocycles. The van der Waals surface area contributed by atoms with Gasteiger partial charge in [-0.15, -0.1) is 0 Å². The number of methoxy groups -OCH3 is 1. The summed E-state index contributed by atoms with van der Waals surface area (Å²) in [7, 11) is -2.08. The maximum Gasteiger partial charge on any atom is 0.262 e. The van der Waals surface area contributed by atoms with Gasteiger partial charge in [0.1, 0.15) is 5.75 Å². The average Bonchev–Trinajstić information content (AvgIpc) is 2.49. The molecular weight excluding hydrogens is 310 g/mol.